The van der Waals surface area contributed by atoms with Crippen LogP contribution < -0.4 is 10.0 Å². The van der Waals surface area contributed by atoms with Crippen molar-refractivity contribution in [3.05, 3.63) is 17.7 Å². The largest absolute Gasteiger partial charge is 0.417 e. The van der Waals surface area contributed by atoms with Gasteiger partial charge >= 0.3 is 6.18 Å². The molecule has 28 heavy (non-hydrogen) atoms. The molecule has 0 unspecified atom stereocenters. The molecule has 0 spiro atoms. The summed E-state index contributed by atoms with van der Waals surface area (Å²) in [6, 6.07) is 1.88. The van der Waals surface area contributed by atoms with Crippen LogP contribution in [-0.4, -0.2) is 78.4 Å². The fraction of sp³-hybridized carbons (Fsp3) is 0.500. The number of primary sulfonamides is 1. The van der Waals surface area contributed by atoms with Crippen LogP contribution in [0.1, 0.15) is 5.56 Å². The molecular weight excluding hydrogens is 403 g/mol. The molecule has 0 radical (unpaired) electrons. The lowest BCUT2D eigenvalue weighted by Gasteiger charge is -2.37. The van der Waals surface area contributed by atoms with E-state index >= 15 is 0 Å². The molecule has 3 rings (SSSR count). The van der Waals surface area contributed by atoms with E-state index in [9.17, 15) is 21.6 Å². The first-order valence-corrected chi connectivity index (χ1v) is 9.76. The van der Waals surface area contributed by atoms with Gasteiger partial charge < -0.3 is 10.0 Å². The zero-order valence-corrected chi connectivity index (χ0v) is 15.3. The molecule has 2 aromatic rings. The number of hydrogen-bond acceptors (Lipinski definition) is 8. The van der Waals surface area contributed by atoms with Gasteiger partial charge in [0.2, 0.25) is 15.8 Å². The molecule has 1 fully saturated rings. The van der Waals surface area contributed by atoms with Crippen molar-refractivity contribution in [2.45, 2.75) is 11.1 Å². The number of piperazine rings is 1. The van der Waals surface area contributed by atoms with Gasteiger partial charge in [-0.3, -0.25) is 4.90 Å². The van der Waals surface area contributed by atoms with Crippen LogP contribution in [0.25, 0.3) is 11.4 Å². The van der Waals surface area contributed by atoms with Crippen LogP contribution in [0, 0.1) is 0 Å². The van der Waals surface area contributed by atoms with E-state index in [0.717, 1.165) is 0 Å². The first-order valence-electron chi connectivity index (χ1n) is 8.22. The van der Waals surface area contributed by atoms with Crippen LogP contribution in [0.3, 0.4) is 0 Å². The Balaban J connectivity index is 2.17. The smallest absolute Gasteiger partial charge is 0.395 e. The van der Waals surface area contributed by atoms with Crippen LogP contribution in [0.4, 0.5) is 18.9 Å². The third kappa shape index (κ3) is 4.09. The Labute approximate surface area is 158 Å². The van der Waals surface area contributed by atoms with Gasteiger partial charge in [0, 0.05) is 38.4 Å². The number of aliphatic hydroxyl groups is 1. The number of sulfonamides is 1. The molecule has 0 atom stereocenters. The number of aromatic amines is 1. The van der Waals surface area contributed by atoms with Crippen LogP contribution in [0.15, 0.2) is 17.0 Å². The molecule has 0 bridgehead atoms. The van der Waals surface area contributed by atoms with Crippen LogP contribution in [-0.2, 0) is 16.2 Å². The quantitative estimate of drug-likeness (QED) is 0.595. The molecule has 1 aliphatic rings. The second-order valence-corrected chi connectivity index (χ2v) is 7.67. The summed E-state index contributed by atoms with van der Waals surface area (Å²) in [7, 11) is -4.77. The Bertz CT molecular complexity index is 926. The number of nitrogens with one attached hydrogen (secondary N) is 1. The lowest BCUT2D eigenvalue weighted by molar-refractivity contribution is -0.139. The zero-order chi connectivity index (χ0) is 20.5. The monoisotopic (exact) mass is 421 g/mol. The topological polar surface area (TPSA) is 141 Å². The normalized spacial score (nSPS) is 16.5. The fourth-order valence-corrected chi connectivity index (χ4v) is 4.16. The first kappa shape index (κ1) is 20.4. The van der Waals surface area contributed by atoms with Crippen LogP contribution >= 0.6 is 0 Å². The fourth-order valence-electron chi connectivity index (χ4n) is 3.19. The number of tetrazole rings is 1. The van der Waals surface area contributed by atoms with Crippen molar-refractivity contribution in [1.29, 1.82) is 0 Å². The van der Waals surface area contributed by atoms with Gasteiger partial charge in [-0.2, -0.15) is 18.4 Å². The number of rotatable bonds is 5. The highest BCUT2D eigenvalue weighted by Crippen LogP contribution is 2.42. The van der Waals surface area contributed by atoms with Crippen LogP contribution in [0.5, 0.6) is 0 Å². The second kappa shape index (κ2) is 7.62. The van der Waals surface area contributed by atoms with E-state index in [2.05, 4.69) is 20.6 Å². The Morgan fingerprint density at radius 1 is 1.21 bits per heavy atom. The van der Waals surface area contributed by atoms with Crippen molar-refractivity contribution in [2.75, 3.05) is 44.2 Å². The molecule has 10 nitrogen and oxygen atoms in total. The lowest BCUT2D eigenvalue weighted by Crippen LogP contribution is -2.47. The van der Waals surface area contributed by atoms with E-state index in [1.54, 1.807) is 4.90 Å². The van der Waals surface area contributed by atoms with Gasteiger partial charge in [0.05, 0.1) is 17.7 Å². The van der Waals surface area contributed by atoms with Gasteiger partial charge in [-0.25, -0.2) is 13.6 Å². The SMILES string of the molecule is NS(=O)(=O)c1c(C(F)(F)F)ccc(N2CCN(CCO)CC2)c1-c1nn[nH]n1. The Hall–Kier alpha value is -2.29. The van der Waals surface area contributed by atoms with E-state index in [1.165, 1.54) is 6.07 Å². The number of hydrogen-bond donors (Lipinski definition) is 3. The number of anilines is 1. The summed E-state index contributed by atoms with van der Waals surface area (Å²) in [6.45, 7) is 2.35. The average molecular weight is 421 g/mol. The zero-order valence-electron chi connectivity index (χ0n) is 14.5. The van der Waals surface area contributed by atoms with E-state index in [0.29, 0.717) is 38.8 Å². The minimum atomic E-state index is -4.95. The average Bonchev–Trinajstić information content (AvgIpc) is 3.14. The molecule has 1 aromatic carbocycles. The van der Waals surface area contributed by atoms with Gasteiger partial charge in [0.25, 0.3) is 0 Å². The number of aliphatic hydroxyl groups excluding tert-OH is 1. The molecule has 0 amide bonds. The van der Waals surface area contributed by atoms with Crippen molar-refractivity contribution in [3.63, 3.8) is 0 Å². The molecule has 1 aromatic heterocycles. The molecule has 2 heterocycles. The summed E-state index contributed by atoms with van der Waals surface area (Å²) in [6.07, 6.45) is -4.95. The van der Waals surface area contributed by atoms with Crippen molar-refractivity contribution in [2.24, 2.45) is 5.14 Å². The maximum Gasteiger partial charge on any atom is 0.417 e. The number of benzene rings is 1. The lowest BCUT2D eigenvalue weighted by atomic mass is 10.1. The summed E-state index contributed by atoms with van der Waals surface area (Å²) in [5, 5.41) is 27.0. The Kier molecular flexibility index (Phi) is 5.56. The Morgan fingerprint density at radius 3 is 2.39 bits per heavy atom. The molecular formula is C14H18F3N7O3S. The number of alkyl halides is 3. The van der Waals surface area contributed by atoms with Gasteiger partial charge in [-0.1, -0.05) is 0 Å². The minimum Gasteiger partial charge on any atom is -0.395 e. The molecule has 154 valence electrons. The second-order valence-electron chi connectivity index (χ2n) is 6.17. The van der Waals surface area contributed by atoms with Crippen molar-refractivity contribution < 1.29 is 26.7 Å². The van der Waals surface area contributed by atoms with E-state index < -0.39 is 26.7 Å². The maximum atomic E-state index is 13.5. The summed E-state index contributed by atoms with van der Waals surface area (Å²) in [5.41, 5.74) is -1.53. The van der Waals surface area contributed by atoms with Crippen molar-refractivity contribution >= 4 is 15.7 Å². The Morgan fingerprint density at radius 2 is 1.89 bits per heavy atom. The molecule has 1 saturated heterocycles. The third-order valence-electron chi connectivity index (χ3n) is 4.42. The predicted molar refractivity (Wildman–Crippen MR) is 91.7 cm³/mol. The summed E-state index contributed by atoms with van der Waals surface area (Å²) in [4.78, 5) is 2.63. The molecule has 14 heteroatoms. The van der Waals surface area contributed by atoms with E-state index in [4.69, 9.17) is 10.2 Å². The summed E-state index contributed by atoms with van der Waals surface area (Å²) in [5.74, 6) is -0.303. The van der Waals surface area contributed by atoms with Gasteiger partial charge in [-0.15, -0.1) is 10.2 Å². The molecule has 0 saturated carbocycles. The van der Waals surface area contributed by atoms with Crippen molar-refractivity contribution in [3.8, 4) is 11.4 Å². The number of β-amino-alcohol motifs (C(OH)–C–C–N with tert-alkyl or cyclic N) is 1. The van der Waals surface area contributed by atoms with Gasteiger partial charge in [-0.05, 0) is 17.3 Å². The standard InChI is InChI=1S/C14H18F3N7O3S/c15-14(16,17)9-1-2-10(24-5-3-23(4-6-24)7-8-25)11(12(9)28(18,26)27)13-19-21-22-20-13/h1-2,25H,3-8H2,(H2,18,26,27)(H,19,20,21,22). The van der Waals surface area contributed by atoms with Gasteiger partial charge in [0.1, 0.15) is 4.90 Å². The molecule has 0 aliphatic carbocycles. The molecule has 4 N–H and O–H groups in total. The summed E-state index contributed by atoms with van der Waals surface area (Å²) >= 11 is 0. The molecule has 1 aliphatic heterocycles. The van der Waals surface area contributed by atoms with E-state index in [1.807, 2.05) is 4.90 Å². The highest BCUT2D eigenvalue weighted by molar-refractivity contribution is 7.89. The maximum absolute atomic E-state index is 13.5. The number of nitrogens with zero attached hydrogens (tertiary/aromatic N) is 5. The highest BCUT2D eigenvalue weighted by Gasteiger charge is 2.40. The highest BCUT2D eigenvalue weighted by atomic mass is 32.2. The van der Waals surface area contributed by atoms with Crippen molar-refractivity contribution in [1.82, 2.24) is 25.5 Å². The third-order valence-corrected chi connectivity index (χ3v) is 5.42. The number of H-pyrrole nitrogens is 1. The predicted octanol–water partition coefficient (Wildman–Crippen LogP) is -0.353. The number of nitrogens with two attached hydrogens (primary N) is 1. The summed E-state index contributed by atoms with van der Waals surface area (Å²) < 4.78 is 64.7. The number of halogens is 3. The van der Waals surface area contributed by atoms with Gasteiger partial charge in [0.15, 0.2) is 0 Å². The van der Waals surface area contributed by atoms with E-state index in [-0.39, 0.29) is 23.7 Å². The number of aromatic nitrogens is 4. The minimum absolute atomic E-state index is 0.00997. The first-order chi connectivity index (χ1) is 13.1. The van der Waals surface area contributed by atoms with Crippen LogP contribution in [0.2, 0.25) is 0 Å².